The third kappa shape index (κ3) is 2.70. The predicted molar refractivity (Wildman–Crippen MR) is 86.4 cm³/mol. The van der Waals surface area contributed by atoms with Crippen molar-refractivity contribution in [3.8, 4) is 0 Å². The molecule has 0 saturated carbocycles. The number of nitrogens with zero attached hydrogens (tertiary/aromatic N) is 2. The van der Waals surface area contributed by atoms with E-state index in [1.165, 1.54) is 7.11 Å². The largest absolute Gasteiger partial charge is 0.465 e. The molecule has 0 spiro atoms. The van der Waals surface area contributed by atoms with Crippen molar-refractivity contribution in [1.82, 2.24) is 9.55 Å². The lowest BCUT2D eigenvalue weighted by Crippen LogP contribution is -2.03. The summed E-state index contributed by atoms with van der Waals surface area (Å²) in [6, 6.07) is 13.2. The Bertz CT molecular complexity index is 838. The fourth-order valence-corrected chi connectivity index (χ4v) is 2.59. The maximum Gasteiger partial charge on any atom is 0.337 e. The van der Waals surface area contributed by atoms with Crippen LogP contribution in [0.2, 0.25) is 5.02 Å². The Kier molecular flexibility index (Phi) is 3.86. The molecule has 112 valence electrons. The van der Waals surface area contributed by atoms with Crippen LogP contribution in [0.4, 0.5) is 0 Å². The molecule has 1 aromatic heterocycles. The lowest BCUT2D eigenvalue weighted by atomic mass is 10.2. The van der Waals surface area contributed by atoms with Crippen molar-refractivity contribution in [2.24, 2.45) is 0 Å². The predicted octanol–water partition coefficient (Wildman–Crippen LogP) is 3.83. The summed E-state index contributed by atoms with van der Waals surface area (Å²) < 4.78 is 6.85. The number of fused-ring (bicyclic) bond motifs is 1. The van der Waals surface area contributed by atoms with E-state index >= 15 is 0 Å². The average Bonchev–Trinajstić information content (AvgIpc) is 2.83. The summed E-state index contributed by atoms with van der Waals surface area (Å²) in [4.78, 5) is 16.1. The van der Waals surface area contributed by atoms with Crippen LogP contribution in [0, 0.1) is 6.92 Å². The fraction of sp³-hybridized carbons (Fsp3) is 0.176. The van der Waals surface area contributed by atoms with Gasteiger partial charge in [-0.3, -0.25) is 0 Å². The molecule has 0 atom stereocenters. The maximum atomic E-state index is 11.6. The number of aromatic nitrogens is 2. The Hall–Kier alpha value is -2.33. The number of halogens is 1. The first-order chi connectivity index (χ1) is 10.6. The third-order valence-corrected chi connectivity index (χ3v) is 3.87. The highest BCUT2D eigenvalue weighted by Crippen LogP contribution is 2.20. The molecule has 0 saturated heterocycles. The van der Waals surface area contributed by atoms with E-state index in [2.05, 4.69) is 9.55 Å². The van der Waals surface area contributed by atoms with E-state index < -0.39 is 0 Å². The number of methoxy groups -OCH3 is 1. The lowest BCUT2D eigenvalue weighted by molar-refractivity contribution is 0.0601. The van der Waals surface area contributed by atoms with Gasteiger partial charge >= 0.3 is 5.97 Å². The molecule has 0 radical (unpaired) electrons. The van der Waals surface area contributed by atoms with Crippen molar-refractivity contribution < 1.29 is 9.53 Å². The monoisotopic (exact) mass is 314 g/mol. The number of carbonyl (C=O) groups is 1. The smallest absolute Gasteiger partial charge is 0.337 e. The molecule has 0 aliphatic carbocycles. The van der Waals surface area contributed by atoms with Gasteiger partial charge in [0.05, 0.1) is 23.7 Å². The van der Waals surface area contributed by atoms with Crippen molar-refractivity contribution in [1.29, 1.82) is 0 Å². The van der Waals surface area contributed by atoms with Gasteiger partial charge in [0.25, 0.3) is 0 Å². The first-order valence-electron chi connectivity index (χ1n) is 6.88. The van der Waals surface area contributed by atoms with Crippen LogP contribution in [0.3, 0.4) is 0 Å². The van der Waals surface area contributed by atoms with Crippen LogP contribution in [-0.2, 0) is 11.3 Å². The van der Waals surface area contributed by atoms with Gasteiger partial charge in [-0.2, -0.15) is 0 Å². The van der Waals surface area contributed by atoms with Crippen molar-refractivity contribution >= 4 is 28.6 Å². The van der Waals surface area contributed by atoms with Crippen LogP contribution in [0.1, 0.15) is 21.7 Å². The Morgan fingerprint density at radius 3 is 2.64 bits per heavy atom. The van der Waals surface area contributed by atoms with Gasteiger partial charge in [0.2, 0.25) is 0 Å². The van der Waals surface area contributed by atoms with Gasteiger partial charge in [0.15, 0.2) is 0 Å². The first-order valence-corrected chi connectivity index (χ1v) is 7.26. The highest BCUT2D eigenvalue weighted by Gasteiger charge is 2.12. The van der Waals surface area contributed by atoms with Gasteiger partial charge in [0.1, 0.15) is 5.82 Å². The van der Waals surface area contributed by atoms with E-state index in [0.29, 0.717) is 12.1 Å². The quantitative estimate of drug-likeness (QED) is 0.690. The SMILES string of the molecule is COC(=O)c1ccc2c(c1)nc(C)n2Cc1ccc(Cl)cc1. The second-order valence-electron chi connectivity index (χ2n) is 5.07. The molecular weight excluding hydrogens is 300 g/mol. The number of aryl methyl sites for hydroxylation is 1. The molecule has 0 aliphatic heterocycles. The normalized spacial score (nSPS) is 10.9. The van der Waals surface area contributed by atoms with Crippen molar-refractivity contribution in [2.75, 3.05) is 7.11 Å². The van der Waals surface area contributed by atoms with Crippen LogP contribution in [0.25, 0.3) is 11.0 Å². The number of ether oxygens (including phenoxy) is 1. The van der Waals surface area contributed by atoms with E-state index in [4.69, 9.17) is 16.3 Å². The van der Waals surface area contributed by atoms with Gasteiger partial charge in [-0.25, -0.2) is 9.78 Å². The molecular formula is C17H15ClN2O2. The van der Waals surface area contributed by atoms with E-state index in [9.17, 15) is 4.79 Å². The third-order valence-electron chi connectivity index (χ3n) is 3.61. The highest BCUT2D eigenvalue weighted by molar-refractivity contribution is 6.30. The van der Waals surface area contributed by atoms with Crippen LogP contribution >= 0.6 is 11.6 Å². The number of benzene rings is 2. The van der Waals surface area contributed by atoms with Crippen LogP contribution in [-0.4, -0.2) is 22.6 Å². The molecule has 0 fully saturated rings. The van der Waals surface area contributed by atoms with Gasteiger partial charge in [0, 0.05) is 11.6 Å². The van der Waals surface area contributed by atoms with Crippen molar-refractivity contribution in [3.63, 3.8) is 0 Å². The second kappa shape index (κ2) is 5.81. The first kappa shape index (κ1) is 14.6. The van der Waals surface area contributed by atoms with E-state index in [-0.39, 0.29) is 5.97 Å². The van der Waals surface area contributed by atoms with Gasteiger partial charge in [-0.05, 0) is 42.8 Å². The van der Waals surface area contributed by atoms with Gasteiger partial charge < -0.3 is 9.30 Å². The second-order valence-corrected chi connectivity index (χ2v) is 5.50. The Balaban J connectivity index is 2.01. The average molecular weight is 315 g/mol. The molecule has 0 amide bonds. The fourth-order valence-electron chi connectivity index (χ4n) is 2.47. The van der Waals surface area contributed by atoms with E-state index in [1.807, 2.05) is 37.3 Å². The molecule has 0 unspecified atom stereocenters. The summed E-state index contributed by atoms with van der Waals surface area (Å²) in [5.74, 6) is 0.541. The van der Waals surface area contributed by atoms with E-state index in [0.717, 1.165) is 27.4 Å². The van der Waals surface area contributed by atoms with Gasteiger partial charge in [-0.15, -0.1) is 0 Å². The Labute approximate surface area is 133 Å². The molecule has 0 bridgehead atoms. The standard InChI is InChI=1S/C17H15ClN2O2/c1-11-19-15-9-13(17(21)22-2)5-8-16(15)20(11)10-12-3-6-14(18)7-4-12/h3-9H,10H2,1-2H3. The molecule has 0 N–H and O–H groups in total. The molecule has 2 aromatic carbocycles. The highest BCUT2D eigenvalue weighted by atomic mass is 35.5. The zero-order chi connectivity index (χ0) is 15.7. The minimum absolute atomic E-state index is 0.355. The van der Waals surface area contributed by atoms with Crippen LogP contribution in [0.15, 0.2) is 42.5 Å². The Morgan fingerprint density at radius 1 is 1.23 bits per heavy atom. The topological polar surface area (TPSA) is 44.1 Å². The lowest BCUT2D eigenvalue weighted by Gasteiger charge is -2.07. The van der Waals surface area contributed by atoms with Crippen molar-refractivity contribution in [2.45, 2.75) is 13.5 Å². The molecule has 5 heteroatoms. The summed E-state index contributed by atoms with van der Waals surface area (Å²) in [7, 11) is 1.37. The minimum atomic E-state index is -0.355. The summed E-state index contributed by atoms with van der Waals surface area (Å²) >= 11 is 5.92. The molecule has 3 aromatic rings. The number of rotatable bonds is 3. The number of hydrogen-bond donors (Lipinski definition) is 0. The summed E-state index contributed by atoms with van der Waals surface area (Å²) in [5.41, 5.74) is 3.42. The van der Waals surface area contributed by atoms with Crippen molar-refractivity contribution in [3.05, 3.63) is 64.4 Å². The van der Waals surface area contributed by atoms with Crippen LogP contribution in [0.5, 0.6) is 0 Å². The zero-order valence-electron chi connectivity index (χ0n) is 12.3. The zero-order valence-corrected chi connectivity index (χ0v) is 13.1. The minimum Gasteiger partial charge on any atom is -0.465 e. The summed E-state index contributed by atoms with van der Waals surface area (Å²) in [5, 5.41) is 0.721. The number of carbonyl (C=O) groups excluding carboxylic acids is 1. The summed E-state index contributed by atoms with van der Waals surface area (Å²) in [6.45, 7) is 2.66. The van der Waals surface area contributed by atoms with E-state index in [1.54, 1.807) is 12.1 Å². The summed E-state index contributed by atoms with van der Waals surface area (Å²) in [6.07, 6.45) is 0. The molecule has 0 aliphatic rings. The Morgan fingerprint density at radius 2 is 1.95 bits per heavy atom. The maximum absolute atomic E-state index is 11.6. The molecule has 3 rings (SSSR count). The van der Waals surface area contributed by atoms with Gasteiger partial charge in [-0.1, -0.05) is 23.7 Å². The number of hydrogen-bond acceptors (Lipinski definition) is 3. The number of esters is 1. The molecule has 1 heterocycles. The molecule has 4 nitrogen and oxygen atoms in total. The van der Waals surface area contributed by atoms with Crippen LogP contribution < -0.4 is 0 Å². The number of imidazole rings is 1. The molecule has 22 heavy (non-hydrogen) atoms.